The molecule has 2 nitrogen and oxygen atoms in total. The normalized spacial score (nSPS) is 16.5. The molecule has 0 saturated carbocycles. The molecule has 26 heavy (non-hydrogen) atoms. The average Bonchev–Trinajstić information content (AvgIpc) is 3.04. The van der Waals surface area contributed by atoms with E-state index in [2.05, 4.69) is 47.7 Å². The van der Waals surface area contributed by atoms with Gasteiger partial charge >= 0.3 is 0 Å². The Kier molecular flexibility index (Phi) is 7.30. The molecule has 2 aromatic rings. The van der Waals surface area contributed by atoms with Crippen LogP contribution in [0.1, 0.15) is 63.0 Å². The number of para-hydroxylation sites is 1. The van der Waals surface area contributed by atoms with Gasteiger partial charge in [-0.2, -0.15) is 0 Å². The summed E-state index contributed by atoms with van der Waals surface area (Å²) in [7, 11) is 0. The largest absolute Gasteiger partial charge is 0.437 e. The van der Waals surface area contributed by atoms with Gasteiger partial charge in [-0.05, 0) is 53.6 Å². The number of aliphatic imine (C=N–C) groups is 1. The van der Waals surface area contributed by atoms with E-state index < -0.39 is 0 Å². The lowest BCUT2D eigenvalue weighted by Gasteiger charge is -2.06. The van der Waals surface area contributed by atoms with Crippen LogP contribution in [0.3, 0.4) is 0 Å². The summed E-state index contributed by atoms with van der Waals surface area (Å²) >= 11 is 2.45. The van der Waals surface area contributed by atoms with Gasteiger partial charge in [0.1, 0.15) is 5.76 Å². The molecule has 0 aromatic heterocycles. The summed E-state index contributed by atoms with van der Waals surface area (Å²) in [5, 5.41) is 0. The van der Waals surface area contributed by atoms with Crippen LogP contribution < -0.4 is 0 Å². The van der Waals surface area contributed by atoms with E-state index >= 15 is 0 Å². The first-order valence-electron chi connectivity index (χ1n) is 9.59. The van der Waals surface area contributed by atoms with Crippen molar-refractivity contribution in [2.75, 3.05) is 0 Å². The Morgan fingerprint density at radius 2 is 1.50 bits per heavy atom. The summed E-state index contributed by atoms with van der Waals surface area (Å²) in [6, 6.07) is 18.4. The topological polar surface area (TPSA) is 21.6 Å². The highest BCUT2D eigenvalue weighted by Crippen LogP contribution is 2.37. The van der Waals surface area contributed by atoms with Gasteiger partial charge < -0.3 is 4.74 Å². The highest BCUT2D eigenvalue weighted by atomic mass is 127. The number of halogens is 1. The summed E-state index contributed by atoms with van der Waals surface area (Å²) in [6.07, 6.45) is 8.95. The van der Waals surface area contributed by atoms with Gasteiger partial charge in [0.2, 0.25) is 5.90 Å². The Labute approximate surface area is 170 Å². The molecule has 0 amide bonds. The van der Waals surface area contributed by atoms with Gasteiger partial charge in [-0.3, -0.25) is 0 Å². The van der Waals surface area contributed by atoms with Crippen LogP contribution in [-0.4, -0.2) is 5.90 Å². The van der Waals surface area contributed by atoms with E-state index in [9.17, 15) is 0 Å². The molecule has 0 fully saturated rings. The van der Waals surface area contributed by atoms with Gasteiger partial charge in [0, 0.05) is 14.7 Å². The van der Waals surface area contributed by atoms with Crippen molar-refractivity contribution in [3.8, 4) is 0 Å². The molecular formula is C23H26INO. The minimum absolute atomic E-state index is 0.707. The van der Waals surface area contributed by atoms with Crippen molar-refractivity contribution in [1.29, 1.82) is 0 Å². The van der Waals surface area contributed by atoms with E-state index in [1.54, 1.807) is 0 Å². The average molecular weight is 459 g/mol. The second-order valence-corrected chi connectivity index (χ2v) is 7.95. The van der Waals surface area contributed by atoms with Gasteiger partial charge in [0.25, 0.3) is 0 Å². The summed E-state index contributed by atoms with van der Waals surface area (Å²) < 4.78 is 7.51. The predicted octanol–water partition coefficient (Wildman–Crippen LogP) is 7.65. The zero-order chi connectivity index (χ0) is 18.2. The van der Waals surface area contributed by atoms with Crippen molar-refractivity contribution < 1.29 is 4.74 Å². The van der Waals surface area contributed by atoms with Crippen LogP contribution in [0.25, 0.3) is 5.76 Å². The maximum absolute atomic E-state index is 6.22. The number of hydrogen-bond acceptors (Lipinski definition) is 2. The molecule has 0 spiro atoms. The quantitative estimate of drug-likeness (QED) is 0.294. The van der Waals surface area contributed by atoms with Crippen molar-refractivity contribution in [2.24, 2.45) is 4.99 Å². The van der Waals surface area contributed by atoms with Gasteiger partial charge in [-0.25, -0.2) is 4.99 Å². The third-order valence-electron chi connectivity index (χ3n) is 4.58. The van der Waals surface area contributed by atoms with E-state index in [0.717, 1.165) is 29.0 Å². The van der Waals surface area contributed by atoms with Gasteiger partial charge in [-0.1, -0.05) is 75.4 Å². The first kappa shape index (κ1) is 19.2. The van der Waals surface area contributed by atoms with Gasteiger partial charge in [-0.15, -0.1) is 0 Å². The van der Waals surface area contributed by atoms with E-state index in [4.69, 9.17) is 9.73 Å². The molecule has 0 radical (unpaired) electrons. The SMILES string of the molecule is CCCCCCCC/C(I)=C1\OC(=Nc2ccccc2)c2ccccc21. The first-order valence-corrected chi connectivity index (χ1v) is 10.7. The molecule has 0 saturated heterocycles. The van der Waals surface area contributed by atoms with Crippen LogP contribution >= 0.6 is 22.6 Å². The second-order valence-electron chi connectivity index (χ2n) is 6.65. The smallest absolute Gasteiger partial charge is 0.227 e. The Morgan fingerprint density at radius 1 is 0.846 bits per heavy atom. The monoisotopic (exact) mass is 459 g/mol. The van der Waals surface area contributed by atoms with Crippen LogP contribution in [0.15, 0.2) is 63.2 Å². The minimum atomic E-state index is 0.707. The lowest BCUT2D eigenvalue weighted by molar-refractivity contribution is 0.521. The Balaban J connectivity index is 1.73. The van der Waals surface area contributed by atoms with E-state index in [1.165, 1.54) is 42.1 Å². The third kappa shape index (κ3) is 4.97. The summed E-state index contributed by atoms with van der Waals surface area (Å²) in [4.78, 5) is 4.72. The maximum Gasteiger partial charge on any atom is 0.227 e. The van der Waals surface area contributed by atoms with Crippen molar-refractivity contribution in [1.82, 2.24) is 0 Å². The molecule has 1 heterocycles. The van der Waals surface area contributed by atoms with Gasteiger partial charge in [0.15, 0.2) is 0 Å². The highest BCUT2D eigenvalue weighted by molar-refractivity contribution is 14.1. The number of rotatable bonds is 8. The number of fused-ring (bicyclic) bond motifs is 1. The molecule has 3 rings (SSSR count). The fraction of sp³-hybridized carbons (Fsp3) is 0.348. The highest BCUT2D eigenvalue weighted by Gasteiger charge is 2.26. The number of hydrogen-bond donors (Lipinski definition) is 0. The summed E-state index contributed by atoms with van der Waals surface area (Å²) in [5.41, 5.74) is 3.17. The van der Waals surface area contributed by atoms with Crippen LogP contribution in [0.2, 0.25) is 0 Å². The number of ether oxygens (including phenoxy) is 1. The van der Waals surface area contributed by atoms with Crippen molar-refractivity contribution in [3.63, 3.8) is 0 Å². The third-order valence-corrected chi connectivity index (χ3v) is 5.61. The molecule has 0 atom stereocenters. The Bertz CT molecular complexity index is 780. The standard InChI is InChI=1S/C23H26INO/c1-2-3-4-5-6-10-17-21(24)22-19-15-11-12-16-20(19)23(26-22)25-18-13-8-7-9-14-18/h7-9,11-16H,2-6,10,17H2,1H3/b22-21+,25-23?. The lowest BCUT2D eigenvalue weighted by Crippen LogP contribution is -1.96. The predicted molar refractivity (Wildman–Crippen MR) is 119 cm³/mol. The summed E-state index contributed by atoms with van der Waals surface area (Å²) in [6.45, 7) is 2.26. The van der Waals surface area contributed by atoms with Crippen LogP contribution in [-0.2, 0) is 4.74 Å². The molecule has 0 bridgehead atoms. The first-order chi connectivity index (χ1) is 12.8. The van der Waals surface area contributed by atoms with E-state index in [1.807, 2.05) is 36.4 Å². The second kappa shape index (κ2) is 9.91. The van der Waals surface area contributed by atoms with Crippen molar-refractivity contribution >= 4 is 39.9 Å². The zero-order valence-corrected chi connectivity index (χ0v) is 17.5. The van der Waals surface area contributed by atoms with Crippen molar-refractivity contribution in [3.05, 3.63) is 69.3 Å². The molecular weight excluding hydrogens is 433 g/mol. The number of benzene rings is 2. The van der Waals surface area contributed by atoms with E-state index in [0.29, 0.717) is 5.90 Å². The molecule has 136 valence electrons. The fourth-order valence-corrected chi connectivity index (χ4v) is 3.93. The fourth-order valence-electron chi connectivity index (χ4n) is 3.15. The number of allylic oxidation sites excluding steroid dienone is 1. The molecule has 0 aliphatic carbocycles. The molecule has 0 N–H and O–H groups in total. The van der Waals surface area contributed by atoms with Crippen LogP contribution in [0, 0.1) is 0 Å². The Morgan fingerprint density at radius 3 is 2.27 bits per heavy atom. The van der Waals surface area contributed by atoms with Crippen LogP contribution in [0.5, 0.6) is 0 Å². The van der Waals surface area contributed by atoms with E-state index in [-0.39, 0.29) is 0 Å². The molecule has 0 unspecified atom stereocenters. The molecule has 2 aromatic carbocycles. The lowest BCUT2D eigenvalue weighted by atomic mass is 10.1. The minimum Gasteiger partial charge on any atom is -0.437 e. The zero-order valence-electron chi connectivity index (χ0n) is 15.4. The summed E-state index contributed by atoms with van der Waals surface area (Å²) in [5.74, 6) is 1.70. The molecule has 1 aliphatic rings. The van der Waals surface area contributed by atoms with Crippen LogP contribution in [0.4, 0.5) is 5.69 Å². The van der Waals surface area contributed by atoms with Crippen molar-refractivity contribution in [2.45, 2.75) is 51.9 Å². The maximum atomic E-state index is 6.22. The molecule has 1 aliphatic heterocycles. The number of unbranched alkanes of at least 4 members (excludes halogenated alkanes) is 5. The Hall–Kier alpha value is -1.62. The molecule has 3 heteroatoms. The van der Waals surface area contributed by atoms with Gasteiger partial charge in [0.05, 0.1) is 5.69 Å². The number of nitrogens with zero attached hydrogens (tertiary/aromatic N) is 1.